The Morgan fingerprint density at radius 3 is 2.28 bits per heavy atom. The van der Waals surface area contributed by atoms with E-state index in [1.807, 2.05) is 0 Å². The highest BCUT2D eigenvalue weighted by molar-refractivity contribution is 5.66. The second-order valence-electron chi connectivity index (χ2n) is 4.80. The van der Waals surface area contributed by atoms with Gasteiger partial charge in [-0.05, 0) is 58.1 Å². The summed E-state index contributed by atoms with van der Waals surface area (Å²) in [4.78, 5) is 10.4. The van der Waals surface area contributed by atoms with E-state index >= 15 is 0 Å². The van der Waals surface area contributed by atoms with Crippen LogP contribution in [0, 0.1) is 0 Å². The third-order valence-electron chi connectivity index (χ3n) is 2.68. The van der Waals surface area contributed by atoms with Gasteiger partial charge in [0.2, 0.25) is 0 Å². The van der Waals surface area contributed by atoms with Crippen molar-refractivity contribution in [1.82, 2.24) is 0 Å². The Labute approximate surface area is 111 Å². The molecule has 0 aromatic carbocycles. The first-order valence-corrected chi connectivity index (χ1v) is 6.51. The Balaban J connectivity index is 4.01. The molecular formula is C16H26O2. The van der Waals surface area contributed by atoms with Crippen LogP contribution in [0.25, 0.3) is 0 Å². The Hall–Kier alpha value is -1.15. The molecule has 102 valence electrons. The molecule has 0 bridgehead atoms. The quantitative estimate of drug-likeness (QED) is 0.348. The summed E-state index contributed by atoms with van der Waals surface area (Å²) >= 11 is 0. The van der Waals surface area contributed by atoms with Crippen LogP contribution in [0.15, 0.2) is 34.9 Å². The number of hydrogen-bond donors (Lipinski definition) is 0. The topological polar surface area (TPSA) is 26.3 Å². The average Bonchev–Trinajstić information content (AvgIpc) is 2.29. The number of methoxy groups -OCH3 is 1. The number of rotatable bonds is 9. The monoisotopic (exact) mass is 250 g/mol. The lowest BCUT2D eigenvalue weighted by Gasteiger charge is -2.04. The molecule has 0 atom stereocenters. The average molecular weight is 250 g/mol. The van der Waals surface area contributed by atoms with Gasteiger partial charge in [0, 0.05) is 7.11 Å². The van der Waals surface area contributed by atoms with Crippen LogP contribution in [0.4, 0.5) is 0 Å². The predicted molar refractivity (Wildman–Crippen MR) is 77.7 cm³/mol. The normalized spacial score (nSPS) is 12.4. The van der Waals surface area contributed by atoms with Crippen molar-refractivity contribution in [2.24, 2.45) is 0 Å². The molecule has 0 fully saturated rings. The third kappa shape index (κ3) is 10.0. The molecule has 0 aliphatic heterocycles. The van der Waals surface area contributed by atoms with Gasteiger partial charge in [-0.25, -0.2) is 0 Å². The number of carbonyl (C=O) groups is 1. The summed E-state index contributed by atoms with van der Waals surface area (Å²) in [6, 6.07) is 0. The number of allylic oxidation sites excluding steroid dienone is 5. The van der Waals surface area contributed by atoms with Gasteiger partial charge >= 0.3 is 0 Å². The van der Waals surface area contributed by atoms with Gasteiger partial charge in [-0.3, -0.25) is 4.79 Å². The van der Waals surface area contributed by atoms with E-state index in [9.17, 15) is 4.79 Å². The molecule has 0 heterocycles. The van der Waals surface area contributed by atoms with Crippen molar-refractivity contribution in [1.29, 1.82) is 0 Å². The van der Waals surface area contributed by atoms with Crippen LogP contribution in [-0.4, -0.2) is 20.0 Å². The maximum Gasteiger partial charge on any atom is 0.142 e. The molecule has 0 aromatic rings. The van der Waals surface area contributed by atoms with E-state index in [0.29, 0.717) is 6.61 Å². The van der Waals surface area contributed by atoms with Gasteiger partial charge in [0.25, 0.3) is 0 Å². The summed E-state index contributed by atoms with van der Waals surface area (Å²) in [6.07, 6.45) is 11.1. The third-order valence-corrected chi connectivity index (χ3v) is 2.68. The van der Waals surface area contributed by atoms with Gasteiger partial charge in [0.05, 0.1) is 6.61 Å². The van der Waals surface area contributed by atoms with Crippen LogP contribution >= 0.6 is 0 Å². The van der Waals surface area contributed by atoms with Crippen molar-refractivity contribution >= 4 is 6.29 Å². The van der Waals surface area contributed by atoms with Crippen LogP contribution in [0.2, 0.25) is 0 Å². The van der Waals surface area contributed by atoms with Crippen LogP contribution in [0.1, 0.15) is 46.5 Å². The van der Waals surface area contributed by atoms with E-state index in [4.69, 9.17) is 4.74 Å². The molecule has 0 spiro atoms. The van der Waals surface area contributed by atoms with Crippen molar-refractivity contribution in [3.8, 4) is 0 Å². The Morgan fingerprint density at radius 2 is 1.72 bits per heavy atom. The zero-order valence-electron chi connectivity index (χ0n) is 12.2. The lowest BCUT2D eigenvalue weighted by atomic mass is 10.1. The fraction of sp³-hybridized carbons (Fsp3) is 0.562. The summed E-state index contributed by atoms with van der Waals surface area (Å²) in [7, 11) is 1.65. The Bertz CT molecular complexity index is 318. The standard InChI is InChI=1S/C16H26O2/c1-14(2)7-5-8-15(3)9-6-10-16(11-12-17)13-18-4/h7,9,11-12H,5-6,8,10,13H2,1-4H3/b15-9+,16-11-. The van der Waals surface area contributed by atoms with Crippen LogP contribution in [0.3, 0.4) is 0 Å². The largest absolute Gasteiger partial charge is 0.380 e. The lowest BCUT2D eigenvalue weighted by molar-refractivity contribution is -0.104. The maximum atomic E-state index is 10.4. The first-order valence-electron chi connectivity index (χ1n) is 6.51. The SMILES string of the molecule is COC/C(=C\C=O)CC/C=C(\C)CCC=C(C)C. The van der Waals surface area contributed by atoms with Crippen molar-refractivity contribution < 1.29 is 9.53 Å². The molecule has 0 saturated carbocycles. The second-order valence-corrected chi connectivity index (χ2v) is 4.80. The predicted octanol–water partition coefficient (Wildman–Crippen LogP) is 4.23. The molecule has 0 aliphatic rings. The molecule has 18 heavy (non-hydrogen) atoms. The highest BCUT2D eigenvalue weighted by Gasteiger charge is 1.96. The van der Waals surface area contributed by atoms with E-state index in [1.54, 1.807) is 13.2 Å². The molecule has 0 radical (unpaired) electrons. The molecule has 2 heteroatoms. The van der Waals surface area contributed by atoms with Crippen LogP contribution < -0.4 is 0 Å². The van der Waals surface area contributed by atoms with E-state index in [0.717, 1.165) is 37.5 Å². The van der Waals surface area contributed by atoms with Gasteiger partial charge < -0.3 is 4.74 Å². The first-order chi connectivity index (χ1) is 8.60. The summed E-state index contributed by atoms with van der Waals surface area (Å²) in [5, 5.41) is 0. The zero-order chi connectivity index (χ0) is 13.8. The lowest BCUT2D eigenvalue weighted by Crippen LogP contribution is -1.95. The van der Waals surface area contributed by atoms with Gasteiger partial charge in [-0.15, -0.1) is 0 Å². The van der Waals surface area contributed by atoms with Crippen molar-refractivity contribution in [3.05, 3.63) is 34.9 Å². The minimum absolute atomic E-state index is 0.545. The van der Waals surface area contributed by atoms with Crippen LogP contribution in [0.5, 0.6) is 0 Å². The van der Waals surface area contributed by atoms with Gasteiger partial charge in [-0.1, -0.05) is 23.3 Å². The van der Waals surface area contributed by atoms with Crippen molar-refractivity contribution in [3.63, 3.8) is 0 Å². The highest BCUT2D eigenvalue weighted by Crippen LogP contribution is 2.11. The molecule has 0 saturated heterocycles. The summed E-state index contributed by atoms with van der Waals surface area (Å²) in [5.41, 5.74) is 3.84. The molecule has 0 rings (SSSR count). The maximum absolute atomic E-state index is 10.4. The van der Waals surface area contributed by atoms with Gasteiger partial charge in [0.15, 0.2) is 0 Å². The fourth-order valence-corrected chi connectivity index (χ4v) is 1.68. The van der Waals surface area contributed by atoms with Crippen molar-refractivity contribution in [2.45, 2.75) is 46.5 Å². The molecule has 0 aromatic heterocycles. The van der Waals surface area contributed by atoms with E-state index in [-0.39, 0.29) is 0 Å². The number of hydrogen-bond acceptors (Lipinski definition) is 2. The zero-order valence-corrected chi connectivity index (χ0v) is 12.2. The molecule has 2 nitrogen and oxygen atoms in total. The summed E-state index contributed by atoms with van der Waals surface area (Å²) in [6.45, 7) is 6.96. The second kappa shape index (κ2) is 11.0. The van der Waals surface area contributed by atoms with E-state index in [2.05, 4.69) is 32.9 Å². The van der Waals surface area contributed by atoms with Gasteiger partial charge in [0.1, 0.15) is 6.29 Å². The fourth-order valence-electron chi connectivity index (χ4n) is 1.68. The summed E-state index contributed by atoms with van der Waals surface area (Å²) < 4.78 is 5.05. The molecular weight excluding hydrogens is 224 g/mol. The molecule has 0 unspecified atom stereocenters. The number of aldehydes is 1. The molecule has 0 amide bonds. The Kier molecular flexibility index (Phi) is 10.3. The molecule has 0 N–H and O–H groups in total. The highest BCUT2D eigenvalue weighted by atomic mass is 16.5. The van der Waals surface area contributed by atoms with Crippen LogP contribution in [-0.2, 0) is 9.53 Å². The first kappa shape index (κ1) is 16.9. The van der Waals surface area contributed by atoms with E-state index < -0.39 is 0 Å². The number of ether oxygens (including phenoxy) is 1. The molecule has 0 aliphatic carbocycles. The smallest absolute Gasteiger partial charge is 0.142 e. The van der Waals surface area contributed by atoms with Crippen molar-refractivity contribution in [2.75, 3.05) is 13.7 Å². The summed E-state index contributed by atoms with van der Waals surface area (Å²) in [5.74, 6) is 0. The Morgan fingerprint density at radius 1 is 1.06 bits per heavy atom. The van der Waals surface area contributed by atoms with Gasteiger partial charge in [-0.2, -0.15) is 0 Å². The number of carbonyl (C=O) groups excluding carboxylic acids is 1. The van der Waals surface area contributed by atoms with E-state index in [1.165, 1.54) is 11.1 Å². The minimum Gasteiger partial charge on any atom is -0.380 e. The minimum atomic E-state index is 0.545.